The largest absolute Gasteiger partial charge is 0.482 e. The number of ether oxygens (including phenoxy) is 3. The fourth-order valence-electron chi connectivity index (χ4n) is 3.31. The van der Waals surface area contributed by atoms with Gasteiger partial charge in [-0.15, -0.1) is 0 Å². The summed E-state index contributed by atoms with van der Waals surface area (Å²) in [5.41, 5.74) is 0.415. The number of aromatic carboxylic acids is 2. The average molecular weight is 501 g/mol. The van der Waals surface area contributed by atoms with E-state index in [0.717, 1.165) is 5.56 Å². The van der Waals surface area contributed by atoms with Gasteiger partial charge in [0.05, 0.1) is 16.1 Å². The van der Waals surface area contributed by atoms with Gasteiger partial charge >= 0.3 is 17.6 Å². The number of hydrogen-bond acceptors (Lipinski definition) is 7. The Balaban J connectivity index is 1.71. The van der Waals surface area contributed by atoms with Crippen molar-refractivity contribution in [2.45, 2.75) is 6.61 Å². The van der Waals surface area contributed by atoms with Gasteiger partial charge in [0.15, 0.2) is 0 Å². The lowest BCUT2D eigenvalue weighted by Gasteiger charge is -2.14. The Morgan fingerprint density at radius 2 is 1.22 bits per heavy atom. The van der Waals surface area contributed by atoms with Gasteiger partial charge < -0.3 is 24.4 Å². The third-order valence-corrected chi connectivity index (χ3v) is 5.10. The van der Waals surface area contributed by atoms with Gasteiger partial charge in [-0.3, -0.25) is 10.1 Å². The number of nitro benzene ring substituents is 1. The molecule has 186 valence electrons. The van der Waals surface area contributed by atoms with Crippen LogP contribution in [0.2, 0.25) is 0 Å². The Morgan fingerprint density at radius 3 is 1.73 bits per heavy atom. The number of hydrogen-bond donors (Lipinski definition) is 2. The SMILES string of the molecule is O=C(O)c1ccc(Oc2cc(OCc3ccccc3)c([N+](=O)[O-])c(Oc3ccc(C(=O)O)cc3)c2)cc1. The average Bonchev–Trinajstić information content (AvgIpc) is 2.88. The summed E-state index contributed by atoms with van der Waals surface area (Å²) in [5.74, 6) is -1.97. The molecule has 10 nitrogen and oxygen atoms in total. The lowest BCUT2D eigenvalue weighted by Crippen LogP contribution is -2.02. The molecule has 0 heterocycles. The number of benzene rings is 4. The third kappa shape index (κ3) is 6.20. The zero-order valence-electron chi connectivity index (χ0n) is 19.1. The van der Waals surface area contributed by atoms with Gasteiger partial charge in [-0.2, -0.15) is 0 Å². The Morgan fingerprint density at radius 1 is 0.703 bits per heavy atom. The molecular weight excluding hydrogens is 482 g/mol. The molecule has 10 heteroatoms. The van der Waals surface area contributed by atoms with Crippen LogP contribution in [0.5, 0.6) is 28.7 Å². The van der Waals surface area contributed by atoms with Crippen LogP contribution in [0.1, 0.15) is 26.3 Å². The van der Waals surface area contributed by atoms with Crippen LogP contribution in [0, 0.1) is 10.1 Å². The van der Waals surface area contributed by atoms with Crippen molar-refractivity contribution >= 4 is 17.6 Å². The van der Waals surface area contributed by atoms with Crippen molar-refractivity contribution in [2.24, 2.45) is 0 Å². The van der Waals surface area contributed by atoms with Gasteiger partial charge in [0, 0.05) is 12.1 Å². The van der Waals surface area contributed by atoms with E-state index in [2.05, 4.69) is 0 Å². The minimum Gasteiger partial charge on any atom is -0.482 e. The molecular formula is C27H19NO9. The molecule has 0 aliphatic carbocycles. The first kappa shape index (κ1) is 24.7. The standard InChI is InChI=1S/C27H19NO9/c29-26(30)18-6-10-20(11-7-18)36-22-14-23(35-16-17-4-2-1-3-5-17)25(28(33)34)24(15-22)37-21-12-8-19(9-13-21)27(31)32/h1-15H,16H2,(H,29,30)(H,31,32). The summed E-state index contributed by atoms with van der Waals surface area (Å²) < 4.78 is 17.4. The topological polar surface area (TPSA) is 145 Å². The highest BCUT2D eigenvalue weighted by Gasteiger charge is 2.26. The zero-order chi connectivity index (χ0) is 26.4. The molecule has 0 spiro atoms. The van der Waals surface area contributed by atoms with Gasteiger partial charge in [-0.1, -0.05) is 30.3 Å². The lowest BCUT2D eigenvalue weighted by molar-refractivity contribution is -0.386. The van der Waals surface area contributed by atoms with Crippen molar-refractivity contribution in [1.29, 1.82) is 0 Å². The molecule has 0 radical (unpaired) electrons. The summed E-state index contributed by atoms with van der Waals surface area (Å²) in [7, 11) is 0. The number of nitrogens with zero attached hydrogens (tertiary/aromatic N) is 1. The summed E-state index contributed by atoms with van der Waals surface area (Å²) in [4.78, 5) is 33.6. The predicted molar refractivity (Wildman–Crippen MR) is 131 cm³/mol. The second kappa shape index (κ2) is 10.9. The molecule has 4 aromatic carbocycles. The molecule has 0 aliphatic heterocycles. The molecule has 0 saturated heterocycles. The summed E-state index contributed by atoms with van der Waals surface area (Å²) >= 11 is 0. The van der Waals surface area contributed by atoms with Crippen LogP contribution < -0.4 is 14.2 Å². The van der Waals surface area contributed by atoms with Crippen LogP contribution in [0.3, 0.4) is 0 Å². The van der Waals surface area contributed by atoms with E-state index in [4.69, 9.17) is 24.4 Å². The van der Waals surface area contributed by atoms with E-state index in [1.54, 1.807) is 12.1 Å². The van der Waals surface area contributed by atoms with Crippen molar-refractivity contribution in [3.8, 4) is 28.7 Å². The molecule has 4 rings (SSSR count). The van der Waals surface area contributed by atoms with Crippen molar-refractivity contribution in [2.75, 3.05) is 0 Å². The monoisotopic (exact) mass is 501 g/mol. The van der Waals surface area contributed by atoms with Crippen molar-refractivity contribution < 1.29 is 38.9 Å². The summed E-state index contributed by atoms with van der Waals surface area (Å²) in [6.45, 7) is 0.0329. The van der Waals surface area contributed by atoms with Crippen molar-refractivity contribution in [1.82, 2.24) is 0 Å². The van der Waals surface area contributed by atoms with E-state index in [-0.39, 0.29) is 46.5 Å². The number of rotatable bonds is 10. The fraction of sp³-hybridized carbons (Fsp3) is 0.0370. The van der Waals surface area contributed by atoms with E-state index < -0.39 is 22.5 Å². The molecule has 0 saturated carbocycles. The molecule has 0 unspecified atom stereocenters. The van der Waals surface area contributed by atoms with Gasteiger partial charge in [0.1, 0.15) is 23.9 Å². The van der Waals surface area contributed by atoms with Crippen molar-refractivity contribution in [3.05, 3.63) is 118 Å². The van der Waals surface area contributed by atoms with Crippen LogP contribution >= 0.6 is 0 Å². The van der Waals surface area contributed by atoms with E-state index in [1.165, 1.54) is 60.7 Å². The number of carboxylic acids is 2. The van der Waals surface area contributed by atoms with E-state index in [9.17, 15) is 19.7 Å². The second-order valence-corrected chi connectivity index (χ2v) is 7.66. The minimum absolute atomic E-state index is 0.0237. The first-order chi connectivity index (χ1) is 17.8. The van der Waals surface area contributed by atoms with Gasteiger partial charge in [0.2, 0.25) is 11.5 Å². The lowest BCUT2D eigenvalue weighted by atomic mass is 10.2. The second-order valence-electron chi connectivity index (χ2n) is 7.66. The first-order valence-corrected chi connectivity index (χ1v) is 10.8. The molecule has 0 amide bonds. The van der Waals surface area contributed by atoms with Crippen LogP contribution in [-0.2, 0) is 6.61 Å². The van der Waals surface area contributed by atoms with E-state index >= 15 is 0 Å². The predicted octanol–water partition coefficient (Wildman–Crippen LogP) is 6.15. The summed E-state index contributed by atoms with van der Waals surface area (Å²) in [6.07, 6.45) is 0. The Hall–Kier alpha value is -5.38. The zero-order valence-corrected chi connectivity index (χ0v) is 19.1. The van der Waals surface area contributed by atoms with Crippen molar-refractivity contribution in [3.63, 3.8) is 0 Å². The Kier molecular flexibility index (Phi) is 7.29. The van der Waals surface area contributed by atoms with Crippen LogP contribution in [-0.4, -0.2) is 27.1 Å². The van der Waals surface area contributed by atoms with Crippen LogP contribution in [0.25, 0.3) is 0 Å². The highest BCUT2D eigenvalue weighted by atomic mass is 16.6. The van der Waals surface area contributed by atoms with Gasteiger partial charge in [-0.05, 0) is 54.1 Å². The highest BCUT2D eigenvalue weighted by Crippen LogP contribution is 2.44. The number of carboxylic acid groups (broad SMARTS) is 2. The maximum atomic E-state index is 12.0. The maximum Gasteiger partial charge on any atom is 0.353 e. The molecule has 0 fully saturated rings. The molecule has 2 N–H and O–H groups in total. The normalized spacial score (nSPS) is 10.4. The fourth-order valence-corrected chi connectivity index (χ4v) is 3.31. The maximum absolute atomic E-state index is 12.0. The highest BCUT2D eigenvalue weighted by molar-refractivity contribution is 5.88. The van der Waals surface area contributed by atoms with Crippen LogP contribution in [0.15, 0.2) is 91.0 Å². The smallest absolute Gasteiger partial charge is 0.353 e. The summed E-state index contributed by atoms with van der Waals surface area (Å²) in [6, 6.07) is 22.7. The van der Waals surface area contributed by atoms with Crippen LogP contribution in [0.4, 0.5) is 5.69 Å². The quantitative estimate of drug-likeness (QED) is 0.193. The number of carbonyl (C=O) groups is 2. The minimum atomic E-state index is -1.13. The third-order valence-electron chi connectivity index (χ3n) is 5.10. The molecule has 0 atom stereocenters. The first-order valence-electron chi connectivity index (χ1n) is 10.8. The molecule has 4 aromatic rings. The van der Waals surface area contributed by atoms with Gasteiger partial charge in [-0.25, -0.2) is 9.59 Å². The number of nitro groups is 1. The Labute approximate surface area is 210 Å². The summed E-state index contributed by atoms with van der Waals surface area (Å²) in [5, 5.41) is 30.2. The van der Waals surface area contributed by atoms with E-state index in [1.807, 2.05) is 18.2 Å². The molecule has 37 heavy (non-hydrogen) atoms. The Bertz CT molecular complexity index is 1430. The van der Waals surface area contributed by atoms with E-state index in [0.29, 0.717) is 0 Å². The van der Waals surface area contributed by atoms with Gasteiger partial charge in [0.25, 0.3) is 0 Å². The molecule has 0 aliphatic rings. The molecule has 0 aromatic heterocycles. The molecule has 0 bridgehead atoms.